The zero-order valence-electron chi connectivity index (χ0n) is 19.4. The van der Waals surface area contributed by atoms with E-state index in [9.17, 15) is 14.4 Å². The Morgan fingerprint density at radius 3 is 2.71 bits per heavy atom. The molecule has 2 aliphatic heterocycles. The third-order valence-electron chi connectivity index (χ3n) is 7.05. The van der Waals surface area contributed by atoms with Crippen LogP contribution in [-0.4, -0.2) is 57.8 Å². The maximum Gasteiger partial charge on any atom is 0.272 e. The summed E-state index contributed by atoms with van der Waals surface area (Å²) in [5.74, 6) is 0.391. The summed E-state index contributed by atoms with van der Waals surface area (Å²) in [6, 6.07) is 7.08. The van der Waals surface area contributed by atoms with E-state index in [0.29, 0.717) is 17.2 Å². The number of amides is 3. The van der Waals surface area contributed by atoms with Crippen molar-refractivity contribution < 1.29 is 23.9 Å². The molecule has 1 aliphatic carbocycles. The molecular weight excluding hydrogens is 438 g/mol. The molecule has 2 aromatic rings. The van der Waals surface area contributed by atoms with Gasteiger partial charge in [-0.2, -0.15) is 5.10 Å². The average molecular weight is 468 g/mol. The number of fused-ring (bicyclic) bond motifs is 2. The molecule has 1 aromatic heterocycles. The zero-order valence-corrected chi connectivity index (χ0v) is 19.4. The van der Waals surface area contributed by atoms with E-state index in [-0.39, 0.29) is 43.4 Å². The second kappa shape index (κ2) is 8.66. The first-order valence-electron chi connectivity index (χ1n) is 11.7. The van der Waals surface area contributed by atoms with Gasteiger partial charge in [-0.15, -0.1) is 0 Å². The number of likely N-dealkylation sites (N-methyl/N-ethyl adjacent to an activating group) is 1. The minimum Gasteiger partial charge on any atom is -0.454 e. The first-order valence-corrected chi connectivity index (χ1v) is 11.7. The lowest BCUT2D eigenvalue weighted by atomic mass is 9.92. The second-order valence-electron chi connectivity index (χ2n) is 9.39. The average Bonchev–Trinajstić information content (AvgIpc) is 3.48. The second-order valence-corrected chi connectivity index (χ2v) is 9.39. The fraction of sp³-hybridized carbons (Fsp3) is 0.500. The Bertz CT molecular complexity index is 1140. The van der Waals surface area contributed by atoms with Gasteiger partial charge in [-0.1, -0.05) is 25.3 Å². The quantitative estimate of drug-likeness (QED) is 0.694. The molecule has 1 saturated carbocycles. The van der Waals surface area contributed by atoms with Gasteiger partial charge >= 0.3 is 0 Å². The van der Waals surface area contributed by atoms with Crippen LogP contribution in [0.2, 0.25) is 0 Å². The summed E-state index contributed by atoms with van der Waals surface area (Å²) in [5, 5.41) is 10.3. The number of nitrogens with zero attached hydrogens (tertiary/aromatic N) is 3. The van der Waals surface area contributed by atoms with Crippen molar-refractivity contribution >= 4 is 17.7 Å². The molecular formula is C24H29N5O5. The molecule has 0 radical (unpaired) electrons. The number of ether oxygens (including phenoxy) is 2. The molecule has 0 saturated heterocycles. The minimum atomic E-state index is -1.09. The van der Waals surface area contributed by atoms with Crippen LogP contribution in [0.3, 0.4) is 0 Å². The van der Waals surface area contributed by atoms with E-state index < -0.39 is 11.4 Å². The van der Waals surface area contributed by atoms with E-state index in [1.807, 2.05) is 12.1 Å². The van der Waals surface area contributed by atoms with E-state index >= 15 is 0 Å². The van der Waals surface area contributed by atoms with Crippen LogP contribution >= 0.6 is 0 Å². The molecule has 5 rings (SSSR count). The summed E-state index contributed by atoms with van der Waals surface area (Å²) >= 11 is 0. The molecule has 0 bridgehead atoms. The molecule has 1 atom stereocenters. The van der Waals surface area contributed by atoms with Crippen LogP contribution < -0.4 is 20.1 Å². The number of hydrogen-bond donors (Lipinski definition) is 2. The first-order chi connectivity index (χ1) is 16.3. The largest absolute Gasteiger partial charge is 0.454 e. The van der Waals surface area contributed by atoms with E-state index in [1.165, 1.54) is 22.1 Å². The molecule has 34 heavy (non-hydrogen) atoms. The predicted molar refractivity (Wildman–Crippen MR) is 121 cm³/mol. The van der Waals surface area contributed by atoms with Gasteiger partial charge in [-0.25, -0.2) is 0 Å². The summed E-state index contributed by atoms with van der Waals surface area (Å²) in [6.07, 6.45) is 5.31. The van der Waals surface area contributed by atoms with Crippen LogP contribution in [0.25, 0.3) is 0 Å². The molecule has 3 aliphatic rings. The molecule has 0 spiro atoms. The normalized spacial score (nSPS) is 21.8. The van der Waals surface area contributed by atoms with Gasteiger partial charge in [-0.05, 0) is 37.5 Å². The Labute approximate surface area is 197 Å². The lowest BCUT2D eigenvalue weighted by molar-refractivity contribution is -0.133. The van der Waals surface area contributed by atoms with Crippen LogP contribution in [0.4, 0.5) is 0 Å². The molecule has 1 aromatic carbocycles. The van der Waals surface area contributed by atoms with Crippen LogP contribution in [0, 0.1) is 0 Å². The highest BCUT2D eigenvalue weighted by Gasteiger charge is 2.46. The Balaban J connectivity index is 1.28. The van der Waals surface area contributed by atoms with Crippen molar-refractivity contribution in [3.8, 4) is 11.5 Å². The number of nitrogens with one attached hydrogen (secondary N) is 2. The molecule has 1 fully saturated rings. The van der Waals surface area contributed by atoms with Gasteiger partial charge < -0.3 is 25.0 Å². The molecule has 180 valence electrons. The van der Waals surface area contributed by atoms with Crippen LogP contribution in [0.15, 0.2) is 24.3 Å². The van der Waals surface area contributed by atoms with Gasteiger partial charge in [0.15, 0.2) is 17.2 Å². The number of rotatable bonds is 5. The minimum absolute atomic E-state index is 0.134. The van der Waals surface area contributed by atoms with Gasteiger partial charge in [0.05, 0.1) is 6.54 Å². The predicted octanol–water partition coefficient (Wildman–Crippen LogP) is 1.83. The van der Waals surface area contributed by atoms with Crippen LogP contribution in [-0.2, 0) is 17.9 Å². The third kappa shape index (κ3) is 3.97. The van der Waals surface area contributed by atoms with Crippen LogP contribution in [0.1, 0.15) is 65.6 Å². The molecule has 3 amide bonds. The molecule has 2 N–H and O–H groups in total. The number of carbonyl (C=O) groups is 3. The number of carbonyl (C=O) groups excluding carboxylic acids is 3. The van der Waals surface area contributed by atoms with Crippen molar-refractivity contribution in [3.63, 3.8) is 0 Å². The maximum absolute atomic E-state index is 13.2. The van der Waals surface area contributed by atoms with E-state index in [1.54, 1.807) is 20.0 Å². The zero-order chi connectivity index (χ0) is 23.9. The van der Waals surface area contributed by atoms with E-state index in [0.717, 1.165) is 31.2 Å². The van der Waals surface area contributed by atoms with Crippen molar-refractivity contribution in [3.05, 3.63) is 41.2 Å². The lowest BCUT2D eigenvalue weighted by Crippen LogP contribution is -2.63. The fourth-order valence-electron chi connectivity index (χ4n) is 4.75. The van der Waals surface area contributed by atoms with Crippen molar-refractivity contribution in [2.24, 2.45) is 0 Å². The van der Waals surface area contributed by atoms with Crippen molar-refractivity contribution in [1.29, 1.82) is 0 Å². The van der Waals surface area contributed by atoms with E-state index in [2.05, 4.69) is 15.7 Å². The van der Waals surface area contributed by atoms with Crippen molar-refractivity contribution in [2.45, 2.75) is 63.7 Å². The maximum atomic E-state index is 13.2. The Hall–Kier alpha value is -3.56. The first kappa shape index (κ1) is 22.2. The Morgan fingerprint density at radius 1 is 1.15 bits per heavy atom. The fourth-order valence-corrected chi connectivity index (χ4v) is 4.75. The molecule has 3 heterocycles. The van der Waals surface area contributed by atoms with Gasteiger partial charge in [0.2, 0.25) is 12.7 Å². The number of aromatic nitrogens is 2. The standard InChI is InChI=1S/C24H29N5O5/c1-24(23(32)26-16-6-4-3-5-7-16)13-29-18(22(31)28(24)2)11-17(27-29)21(30)25-12-15-8-9-19-20(10-15)34-14-33-19/h8-11,16H,3-7,12-14H2,1-2H3,(H,25,30)(H,26,32)/t24-/m1/s1. The lowest BCUT2D eigenvalue weighted by Gasteiger charge is -2.41. The summed E-state index contributed by atoms with van der Waals surface area (Å²) in [7, 11) is 1.62. The Morgan fingerprint density at radius 2 is 1.91 bits per heavy atom. The Kier molecular flexibility index (Phi) is 5.66. The number of benzene rings is 1. The van der Waals surface area contributed by atoms with E-state index in [4.69, 9.17) is 9.47 Å². The van der Waals surface area contributed by atoms with Gasteiger partial charge in [0.25, 0.3) is 11.8 Å². The highest BCUT2D eigenvalue weighted by molar-refractivity contribution is 6.01. The van der Waals surface area contributed by atoms with Crippen molar-refractivity contribution in [2.75, 3.05) is 13.8 Å². The van der Waals surface area contributed by atoms with Crippen molar-refractivity contribution in [1.82, 2.24) is 25.3 Å². The number of hydrogen-bond acceptors (Lipinski definition) is 6. The summed E-state index contributed by atoms with van der Waals surface area (Å²) < 4.78 is 12.1. The smallest absolute Gasteiger partial charge is 0.272 e. The SMILES string of the molecule is CN1C(=O)c2cc(C(=O)NCc3ccc4c(c3)OCO4)nn2C[C@]1(C)C(=O)NC1CCCCC1. The van der Waals surface area contributed by atoms with Gasteiger partial charge in [0, 0.05) is 25.7 Å². The highest BCUT2D eigenvalue weighted by Crippen LogP contribution is 2.32. The van der Waals surface area contributed by atoms with Gasteiger partial charge in [0.1, 0.15) is 11.2 Å². The molecule has 0 unspecified atom stereocenters. The summed E-state index contributed by atoms with van der Waals surface area (Å²) in [4.78, 5) is 40.5. The van der Waals surface area contributed by atoms with Crippen LogP contribution in [0.5, 0.6) is 11.5 Å². The summed E-state index contributed by atoms with van der Waals surface area (Å²) in [6.45, 7) is 2.38. The molecule has 10 nitrogen and oxygen atoms in total. The monoisotopic (exact) mass is 467 g/mol. The third-order valence-corrected chi connectivity index (χ3v) is 7.05. The van der Waals surface area contributed by atoms with Gasteiger partial charge in [-0.3, -0.25) is 19.1 Å². The highest BCUT2D eigenvalue weighted by atomic mass is 16.7. The summed E-state index contributed by atoms with van der Waals surface area (Å²) in [5.41, 5.74) is 0.186. The molecule has 10 heteroatoms. The topological polar surface area (TPSA) is 115 Å².